The van der Waals surface area contributed by atoms with E-state index >= 15 is 0 Å². The summed E-state index contributed by atoms with van der Waals surface area (Å²) in [6, 6.07) is 4.63. The highest BCUT2D eigenvalue weighted by Crippen LogP contribution is 2.33. The predicted octanol–water partition coefficient (Wildman–Crippen LogP) is 1.52. The number of hydrogen-bond acceptors (Lipinski definition) is 5. The average Bonchev–Trinajstić information content (AvgIpc) is 3.19. The summed E-state index contributed by atoms with van der Waals surface area (Å²) in [7, 11) is 0. The smallest absolute Gasteiger partial charge is 0.323 e. The molecule has 0 atom stereocenters. The van der Waals surface area contributed by atoms with Gasteiger partial charge in [0.2, 0.25) is 5.91 Å². The first-order valence-corrected chi connectivity index (χ1v) is 6.65. The number of nitrogens with zero attached hydrogens (tertiary/aromatic N) is 6. The lowest BCUT2D eigenvalue weighted by Crippen LogP contribution is -2.21. The molecule has 0 radical (unpaired) electrons. The molecule has 11 heteroatoms. The molecule has 1 aromatic carbocycles. The topological polar surface area (TPSA) is 90.5 Å². The van der Waals surface area contributed by atoms with Crippen LogP contribution in [0.15, 0.2) is 43.0 Å². The van der Waals surface area contributed by atoms with Gasteiger partial charge in [-0.25, -0.2) is 9.36 Å². The molecule has 124 valence electrons. The largest absolute Gasteiger partial charge is 0.416 e. The Balaban J connectivity index is 1.92. The van der Waals surface area contributed by atoms with Crippen LogP contribution in [-0.4, -0.2) is 35.9 Å². The van der Waals surface area contributed by atoms with E-state index in [1.807, 2.05) is 0 Å². The first-order chi connectivity index (χ1) is 11.4. The maximum absolute atomic E-state index is 12.9. The van der Waals surface area contributed by atoms with Gasteiger partial charge in [-0.15, -0.1) is 5.10 Å². The fraction of sp³-hybridized carbons (Fsp3) is 0.154. The van der Waals surface area contributed by atoms with Crippen LogP contribution in [0, 0.1) is 0 Å². The third kappa shape index (κ3) is 3.39. The van der Waals surface area contributed by atoms with Crippen molar-refractivity contribution in [2.75, 3.05) is 5.32 Å². The van der Waals surface area contributed by atoms with Gasteiger partial charge in [-0.2, -0.15) is 18.3 Å². The van der Waals surface area contributed by atoms with E-state index in [-0.39, 0.29) is 12.2 Å². The predicted molar refractivity (Wildman–Crippen MR) is 75.0 cm³/mol. The zero-order valence-electron chi connectivity index (χ0n) is 12.0. The Kier molecular flexibility index (Phi) is 3.98. The molecular weight excluding hydrogens is 327 g/mol. The summed E-state index contributed by atoms with van der Waals surface area (Å²) in [5.74, 6) is -0.574. The number of amides is 1. The summed E-state index contributed by atoms with van der Waals surface area (Å²) in [4.78, 5) is 12.0. The number of halogens is 3. The van der Waals surface area contributed by atoms with Crippen LogP contribution in [0.3, 0.4) is 0 Å². The van der Waals surface area contributed by atoms with Gasteiger partial charge in [0.15, 0.2) is 0 Å². The van der Waals surface area contributed by atoms with Gasteiger partial charge in [0.1, 0.15) is 12.9 Å². The van der Waals surface area contributed by atoms with Crippen LogP contribution < -0.4 is 5.32 Å². The Hall–Kier alpha value is -3.24. The highest BCUT2D eigenvalue weighted by atomic mass is 19.4. The van der Waals surface area contributed by atoms with E-state index in [9.17, 15) is 18.0 Å². The number of tetrazole rings is 1. The molecule has 3 rings (SSSR count). The van der Waals surface area contributed by atoms with Crippen LogP contribution in [0.1, 0.15) is 5.56 Å². The second-order valence-electron chi connectivity index (χ2n) is 4.74. The van der Waals surface area contributed by atoms with Crippen molar-refractivity contribution in [3.8, 4) is 5.69 Å². The monoisotopic (exact) mass is 337 g/mol. The van der Waals surface area contributed by atoms with Crippen molar-refractivity contribution in [2.24, 2.45) is 0 Å². The molecule has 2 aromatic heterocycles. The minimum absolute atomic E-state index is 0.0217. The number of alkyl halides is 3. The number of aromatic nitrogens is 6. The second kappa shape index (κ2) is 6.10. The minimum Gasteiger partial charge on any atom is -0.323 e. The van der Waals surface area contributed by atoms with Crippen molar-refractivity contribution in [3.63, 3.8) is 0 Å². The Morgan fingerprint density at radius 3 is 2.75 bits per heavy atom. The first kappa shape index (κ1) is 15.6. The first-order valence-electron chi connectivity index (χ1n) is 6.65. The van der Waals surface area contributed by atoms with E-state index in [4.69, 9.17) is 0 Å². The standard InChI is InChI=1S/C13H10F3N7O/c14-13(15,16)9-2-3-11(23-5-1-4-18-23)10(6-9)19-12(24)7-22-8-17-20-21-22/h1-6,8H,7H2,(H,19,24). The number of benzene rings is 1. The van der Waals surface area contributed by atoms with Gasteiger partial charge in [0.25, 0.3) is 0 Å². The zero-order valence-corrected chi connectivity index (χ0v) is 12.0. The van der Waals surface area contributed by atoms with Crippen LogP contribution in [-0.2, 0) is 17.5 Å². The van der Waals surface area contributed by atoms with E-state index in [0.717, 1.165) is 16.8 Å². The van der Waals surface area contributed by atoms with Gasteiger partial charge >= 0.3 is 6.18 Å². The highest BCUT2D eigenvalue weighted by Gasteiger charge is 2.31. The average molecular weight is 337 g/mol. The number of carbonyl (C=O) groups excluding carboxylic acids is 1. The molecule has 3 aromatic rings. The van der Waals surface area contributed by atoms with Crippen LogP contribution in [0.25, 0.3) is 5.69 Å². The summed E-state index contributed by atoms with van der Waals surface area (Å²) < 4.78 is 41.3. The van der Waals surface area contributed by atoms with E-state index in [0.29, 0.717) is 5.69 Å². The lowest BCUT2D eigenvalue weighted by molar-refractivity contribution is -0.137. The summed E-state index contributed by atoms with van der Waals surface area (Å²) >= 11 is 0. The molecule has 24 heavy (non-hydrogen) atoms. The fourth-order valence-electron chi connectivity index (χ4n) is 2.01. The summed E-state index contributed by atoms with van der Waals surface area (Å²) in [6.07, 6.45) is -0.276. The van der Waals surface area contributed by atoms with Crippen molar-refractivity contribution in [3.05, 3.63) is 48.5 Å². The van der Waals surface area contributed by atoms with Crippen molar-refractivity contribution in [1.29, 1.82) is 0 Å². The Morgan fingerprint density at radius 2 is 2.12 bits per heavy atom. The van der Waals surface area contributed by atoms with Crippen LogP contribution in [0.5, 0.6) is 0 Å². The fourth-order valence-corrected chi connectivity index (χ4v) is 2.01. The molecule has 0 saturated heterocycles. The number of carbonyl (C=O) groups is 1. The lowest BCUT2D eigenvalue weighted by atomic mass is 10.1. The number of rotatable bonds is 4. The molecule has 0 saturated carbocycles. The molecule has 0 aliphatic carbocycles. The maximum Gasteiger partial charge on any atom is 0.416 e. The summed E-state index contributed by atoms with van der Waals surface area (Å²) in [6.45, 7) is -0.234. The number of hydrogen-bond donors (Lipinski definition) is 1. The number of anilines is 1. The molecule has 1 N–H and O–H groups in total. The van der Waals surface area contributed by atoms with Gasteiger partial charge in [-0.05, 0) is 34.7 Å². The van der Waals surface area contributed by atoms with Crippen molar-refractivity contribution >= 4 is 11.6 Å². The molecule has 0 aliphatic rings. The molecule has 0 fully saturated rings. The molecule has 0 bridgehead atoms. The Bertz CT molecular complexity index is 828. The summed E-state index contributed by atoms with van der Waals surface area (Å²) in [5, 5.41) is 16.7. The third-order valence-corrected chi connectivity index (χ3v) is 3.05. The third-order valence-electron chi connectivity index (χ3n) is 3.05. The van der Waals surface area contributed by atoms with Crippen molar-refractivity contribution in [2.45, 2.75) is 12.7 Å². The van der Waals surface area contributed by atoms with Gasteiger partial charge < -0.3 is 5.32 Å². The van der Waals surface area contributed by atoms with Crippen molar-refractivity contribution < 1.29 is 18.0 Å². The summed E-state index contributed by atoms with van der Waals surface area (Å²) in [5.41, 5.74) is -0.596. The molecule has 0 aliphatic heterocycles. The van der Waals surface area contributed by atoms with Gasteiger partial charge in [0, 0.05) is 12.4 Å². The van der Waals surface area contributed by atoms with E-state index in [1.165, 1.54) is 23.3 Å². The van der Waals surface area contributed by atoms with E-state index in [1.54, 1.807) is 12.3 Å². The SMILES string of the molecule is O=C(Cn1cnnn1)Nc1cc(C(F)(F)F)ccc1-n1cccn1. The molecule has 2 heterocycles. The van der Waals surface area contributed by atoms with Gasteiger partial charge in [-0.1, -0.05) is 0 Å². The van der Waals surface area contributed by atoms with Gasteiger partial charge in [0.05, 0.1) is 16.9 Å². The van der Waals surface area contributed by atoms with E-state index in [2.05, 4.69) is 25.9 Å². The zero-order chi connectivity index (χ0) is 17.2. The molecular formula is C13H10F3N7O. The Labute approximate surface area is 132 Å². The second-order valence-corrected chi connectivity index (χ2v) is 4.74. The molecule has 0 unspecified atom stereocenters. The minimum atomic E-state index is -4.53. The normalized spacial score (nSPS) is 11.5. The van der Waals surface area contributed by atoms with Crippen molar-refractivity contribution in [1.82, 2.24) is 30.0 Å². The molecule has 0 spiro atoms. The van der Waals surface area contributed by atoms with E-state index < -0.39 is 17.6 Å². The molecule has 1 amide bonds. The lowest BCUT2D eigenvalue weighted by Gasteiger charge is -2.14. The highest BCUT2D eigenvalue weighted by molar-refractivity contribution is 5.92. The molecule has 8 nitrogen and oxygen atoms in total. The van der Waals surface area contributed by atoms with Crippen LogP contribution >= 0.6 is 0 Å². The van der Waals surface area contributed by atoms with Crippen LogP contribution in [0.2, 0.25) is 0 Å². The quantitative estimate of drug-likeness (QED) is 0.779. The van der Waals surface area contributed by atoms with Gasteiger partial charge in [-0.3, -0.25) is 4.79 Å². The Morgan fingerprint density at radius 1 is 1.29 bits per heavy atom. The number of nitrogens with one attached hydrogen (secondary N) is 1. The maximum atomic E-state index is 12.9. The van der Waals surface area contributed by atoms with Crippen LogP contribution in [0.4, 0.5) is 18.9 Å².